The molecular formula is C22H22N2O2. The molecule has 3 aromatic rings. The Kier molecular flexibility index (Phi) is 4.76. The van der Waals surface area contributed by atoms with Crippen molar-refractivity contribution in [1.82, 2.24) is 4.57 Å². The Morgan fingerprint density at radius 3 is 1.96 bits per heavy atom. The zero-order chi connectivity index (χ0) is 18.8. The van der Waals surface area contributed by atoms with Gasteiger partial charge in [-0.3, -0.25) is 14.2 Å². The number of aromatic nitrogens is 1. The fraction of sp³-hybridized carbons (Fsp3) is 0.182. The number of Topliss-reactive ketones (excluding diaryl/α,β-unsaturated/α-hetero) is 1. The molecule has 0 aliphatic rings. The standard InChI is InChI=1S/C22H22N2O2/c1-14-5-9-18(10-6-14)23-20-13-16(3)24(22(26)21(20)17(4)25)19-11-7-15(2)8-12-19/h5-13,23H,1-4H3. The molecule has 3 rings (SSSR count). The van der Waals surface area contributed by atoms with Gasteiger partial charge in [-0.15, -0.1) is 0 Å². The van der Waals surface area contributed by atoms with Crippen molar-refractivity contribution in [3.8, 4) is 5.69 Å². The molecule has 4 heteroatoms. The first kappa shape index (κ1) is 17.7. The highest BCUT2D eigenvalue weighted by molar-refractivity contribution is 6.00. The van der Waals surface area contributed by atoms with Crippen LogP contribution in [0.25, 0.3) is 5.69 Å². The molecule has 1 heterocycles. The highest BCUT2D eigenvalue weighted by Crippen LogP contribution is 2.22. The van der Waals surface area contributed by atoms with E-state index in [1.165, 1.54) is 6.92 Å². The SMILES string of the molecule is CC(=O)c1c(Nc2ccc(C)cc2)cc(C)n(-c2ccc(C)cc2)c1=O. The van der Waals surface area contributed by atoms with Crippen LogP contribution >= 0.6 is 0 Å². The van der Waals surface area contributed by atoms with Gasteiger partial charge in [0.05, 0.1) is 5.69 Å². The van der Waals surface area contributed by atoms with E-state index in [0.717, 1.165) is 28.2 Å². The first-order chi connectivity index (χ1) is 12.4. The Hall–Kier alpha value is -3.14. The molecule has 26 heavy (non-hydrogen) atoms. The average Bonchev–Trinajstić information content (AvgIpc) is 2.58. The van der Waals surface area contributed by atoms with Crippen LogP contribution in [0, 0.1) is 20.8 Å². The third-order valence-corrected chi connectivity index (χ3v) is 4.37. The fourth-order valence-corrected chi connectivity index (χ4v) is 2.98. The summed E-state index contributed by atoms with van der Waals surface area (Å²) in [6.45, 7) is 7.30. The second-order valence-electron chi connectivity index (χ2n) is 6.60. The number of rotatable bonds is 4. The summed E-state index contributed by atoms with van der Waals surface area (Å²) < 4.78 is 1.58. The highest BCUT2D eigenvalue weighted by Gasteiger charge is 2.18. The van der Waals surface area contributed by atoms with Gasteiger partial charge < -0.3 is 5.32 Å². The lowest BCUT2D eigenvalue weighted by Gasteiger charge is -2.16. The van der Waals surface area contributed by atoms with Gasteiger partial charge in [-0.05, 0) is 58.0 Å². The minimum atomic E-state index is -0.309. The Morgan fingerprint density at radius 1 is 0.885 bits per heavy atom. The van der Waals surface area contributed by atoms with Crippen molar-refractivity contribution in [2.75, 3.05) is 5.32 Å². The van der Waals surface area contributed by atoms with E-state index in [1.54, 1.807) is 4.57 Å². The number of benzene rings is 2. The zero-order valence-electron chi connectivity index (χ0n) is 15.5. The minimum absolute atomic E-state index is 0.164. The molecule has 0 spiro atoms. The first-order valence-electron chi connectivity index (χ1n) is 8.55. The van der Waals surface area contributed by atoms with Crippen LogP contribution in [-0.2, 0) is 0 Å². The van der Waals surface area contributed by atoms with Gasteiger partial charge in [0, 0.05) is 17.1 Å². The maximum absolute atomic E-state index is 13.1. The Balaban J connectivity index is 2.15. The molecule has 4 nitrogen and oxygen atoms in total. The molecule has 0 aliphatic carbocycles. The number of hydrogen-bond donors (Lipinski definition) is 1. The summed E-state index contributed by atoms with van der Waals surface area (Å²) in [4.78, 5) is 25.3. The van der Waals surface area contributed by atoms with Gasteiger partial charge in [-0.1, -0.05) is 35.4 Å². The van der Waals surface area contributed by atoms with Crippen LogP contribution in [0.5, 0.6) is 0 Å². The molecule has 0 amide bonds. The molecule has 0 unspecified atom stereocenters. The maximum atomic E-state index is 13.1. The molecule has 0 fully saturated rings. The lowest BCUT2D eigenvalue weighted by atomic mass is 10.1. The topological polar surface area (TPSA) is 51.1 Å². The normalized spacial score (nSPS) is 10.6. The Labute approximate surface area is 153 Å². The molecule has 0 radical (unpaired) electrons. The lowest BCUT2D eigenvalue weighted by molar-refractivity contribution is 0.101. The Bertz CT molecular complexity index is 1010. The molecule has 132 valence electrons. The number of hydrogen-bond acceptors (Lipinski definition) is 3. The second kappa shape index (κ2) is 7.00. The van der Waals surface area contributed by atoms with Crippen molar-refractivity contribution in [2.24, 2.45) is 0 Å². The largest absolute Gasteiger partial charge is 0.355 e. The van der Waals surface area contributed by atoms with Crippen molar-refractivity contribution in [3.63, 3.8) is 0 Å². The molecule has 0 aliphatic heterocycles. The first-order valence-corrected chi connectivity index (χ1v) is 8.55. The van der Waals surface area contributed by atoms with Gasteiger partial charge in [-0.25, -0.2) is 0 Å². The Morgan fingerprint density at radius 2 is 1.42 bits per heavy atom. The van der Waals surface area contributed by atoms with Gasteiger partial charge in [-0.2, -0.15) is 0 Å². The van der Waals surface area contributed by atoms with Gasteiger partial charge in [0.25, 0.3) is 5.56 Å². The summed E-state index contributed by atoms with van der Waals surface area (Å²) >= 11 is 0. The van der Waals surface area contributed by atoms with Crippen LogP contribution in [-0.4, -0.2) is 10.4 Å². The molecule has 0 atom stereocenters. The molecule has 1 aromatic heterocycles. The minimum Gasteiger partial charge on any atom is -0.355 e. The quantitative estimate of drug-likeness (QED) is 0.696. The lowest BCUT2D eigenvalue weighted by Crippen LogP contribution is -2.27. The fourth-order valence-electron chi connectivity index (χ4n) is 2.98. The second-order valence-corrected chi connectivity index (χ2v) is 6.60. The van der Waals surface area contributed by atoms with Crippen LogP contribution in [0.4, 0.5) is 11.4 Å². The van der Waals surface area contributed by atoms with E-state index in [0.29, 0.717) is 5.69 Å². The summed E-state index contributed by atoms with van der Waals surface area (Å²) in [6.07, 6.45) is 0. The van der Waals surface area contributed by atoms with E-state index < -0.39 is 0 Å². The van der Waals surface area contributed by atoms with Crippen molar-refractivity contribution in [3.05, 3.63) is 87.3 Å². The third kappa shape index (κ3) is 3.45. The summed E-state index contributed by atoms with van der Waals surface area (Å²) in [5.74, 6) is -0.259. The van der Waals surface area contributed by atoms with Gasteiger partial charge >= 0.3 is 0 Å². The average molecular weight is 346 g/mol. The number of aryl methyl sites for hydroxylation is 3. The monoisotopic (exact) mass is 346 g/mol. The van der Waals surface area contributed by atoms with Crippen molar-refractivity contribution in [2.45, 2.75) is 27.7 Å². The van der Waals surface area contributed by atoms with Crippen LogP contribution in [0.15, 0.2) is 59.4 Å². The number of anilines is 2. The van der Waals surface area contributed by atoms with E-state index in [1.807, 2.05) is 75.4 Å². The van der Waals surface area contributed by atoms with Crippen molar-refractivity contribution in [1.29, 1.82) is 0 Å². The summed E-state index contributed by atoms with van der Waals surface area (Å²) in [6, 6.07) is 17.4. The molecule has 2 aromatic carbocycles. The zero-order valence-corrected chi connectivity index (χ0v) is 15.5. The van der Waals surface area contributed by atoms with Gasteiger partial charge in [0.2, 0.25) is 0 Å². The smallest absolute Gasteiger partial charge is 0.268 e. The molecule has 1 N–H and O–H groups in total. The van der Waals surface area contributed by atoms with Crippen molar-refractivity contribution >= 4 is 17.2 Å². The third-order valence-electron chi connectivity index (χ3n) is 4.37. The number of carbonyl (C=O) groups is 1. The van der Waals surface area contributed by atoms with E-state index in [9.17, 15) is 9.59 Å². The van der Waals surface area contributed by atoms with Gasteiger partial charge in [0.1, 0.15) is 5.56 Å². The van der Waals surface area contributed by atoms with Crippen LogP contribution in [0.2, 0.25) is 0 Å². The van der Waals surface area contributed by atoms with Crippen LogP contribution in [0.3, 0.4) is 0 Å². The summed E-state index contributed by atoms with van der Waals surface area (Å²) in [5, 5.41) is 3.22. The number of carbonyl (C=O) groups excluding carboxylic acids is 1. The number of pyridine rings is 1. The van der Waals surface area contributed by atoms with Crippen LogP contribution < -0.4 is 10.9 Å². The molecule has 0 saturated heterocycles. The molecule has 0 bridgehead atoms. The van der Waals surface area contributed by atoms with Gasteiger partial charge in [0.15, 0.2) is 5.78 Å². The predicted octanol–water partition coefficient (Wildman–Crippen LogP) is 4.71. The predicted molar refractivity (Wildman–Crippen MR) is 106 cm³/mol. The number of nitrogens with zero attached hydrogens (tertiary/aromatic N) is 1. The molecular weight excluding hydrogens is 324 g/mol. The summed E-state index contributed by atoms with van der Waals surface area (Å²) in [5.41, 5.74) is 5.00. The number of ketones is 1. The van der Waals surface area contributed by atoms with E-state index in [2.05, 4.69) is 5.32 Å². The van der Waals surface area contributed by atoms with Crippen molar-refractivity contribution < 1.29 is 4.79 Å². The highest BCUT2D eigenvalue weighted by atomic mass is 16.1. The van der Waals surface area contributed by atoms with E-state index >= 15 is 0 Å². The number of nitrogens with one attached hydrogen (secondary N) is 1. The molecule has 0 saturated carbocycles. The van der Waals surface area contributed by atoms with E-state index in [-0.39, 0.29) is 16.9 Å². The van der Waals surface area contributed by atoms with E-state index in [4.69, 9.17) is 0 Å². The summed E-state index contributed by atoms with van der Waals surface area (Å²) in [7, 11) is 0. The van der Waals surface area contributed by atoms with Crippen LogP contribution in [0.1, 0.15) is 34.1 Å². The maximum Gasteiger partial charge on any atom is 0.268 e.